The Hall–Kier alpha value is -7.51. The lowest BCUT2D eigenvalue weighted by Gasteiger charge is -2.24. The molecule has 0 unspecified atom stereocenters. The molecular weight excluding hydrogens is 723 g/mol. The largest absolute Gasteiger partial charge is 0.456 e. The molecule has 0 saturated carbocycles. The molecule has 6 nitrogen and oxygen atoms in total. The minimum atomic E-state index is 0.627. The minimum absolute atomic E-state index is 0.627. The number of rotatable bonds is 6. The second kappa shape index (κ2) is 12.8. The Morgan fingerprint density at radius 2 is 1.37 bits per heavy atom. The topological polar surface area (TPSA) is 59.4 Å². The zero-order valence-electron chi connectivity index (χ0n) is 32.9. The second-order valence-corrected chi connectivity index (χ2v) is 15.9. The third-order valence-corrected chi connectivity index (χ3v) is 12.1. The molecule has 0 aliphatic carbocycles. The Morgan fingerprint density at radius 1 is 0.610 bits per heavy atom. The summed E-state index contributed by atoms with van der Waals surface area (Å²) in [5.74, 6) is 0.627. The predicted molar refractivity (Wildman–Crippen MR) is 247 cm³/mol. The van der Waals surface area contributed by atoms with Gasteiger partial charge in [0.05, 0.1) is 11.2 Å². The van der Waals surface area contributed by atoms with Gasteiger partial charge in [-0.3, -0.25) is 0 Å². The van der Waals surface area contributed by atoms with Gasteiger partial charge in [-0.05, 0) is 101 Å². The average molecular weight is 761 g/mol. The summed E-state index contributed by atoms with van der Waals surface area (Å²) >= 11 is 0. The Kier molecular flexibility index (Phi) is 7.27. The van der Waals surface area contributed by atoms with E-state index in [0.29, 0.717) is 5.89 Å². The van der Waals surface area contributed by atoms with Gasteiger partial charge < -0.3 is 23.6 Å². The number of aryl methyl sites for hydroxylation is 1. The van der Waals surface area contributed by atoms with Gasteiger partial charge in [0.1, 0.15) is 16.7 Å². The molecular formula is C52H37BN4O2. The summed E-state index contributed by atoms with van der Waals surface area (Å²) in [6.07, 6.45) is 0. The van der Waals surface area contributed by atoms with Crippen LogP contribution in [0.5, 0.6) is 0 Å². The third kappa shape index (κ3) is 5.24. The van der Waals surface area contributed by atoms with Crippen LogP contribution in [0.1, 0.15) is 5.56 Å². The van der Waals surface area contributed by atoms with Crippen LogP contribution in [0.3, 0.4) is 0 Å². The van der Waals surface area contributed by atoms with Crippen LogP contribution in [0.25, 0.3) is 94.2 Å². The van der Waals surface area contributed by atoms with Crippen LogP contribution in [0.2, 0.25) is 0 Å². The van der Waals surface area contributed by atoms with Crippen molar-refractivity contribution in [2.45, 2.75) is 6.92 Å². The summed E-state index contributed by atoms with van der Waals surface area (Å²) in [4.78, 5) is 7.14. The third-order valence-electron chi connectivity index (χ3n) is 12.1. The molecule has 7 heteroatoms. The molecule has 1 aliphatic heterocycles. The van der Waals surface area contributed by atoms with E-state index in [1.54, 1.807) is 0 Å². The summed E-state index contributed by atoms with van der Waals surface area (Å²) in [5.41, 5.74) is 19.4. The Labute approximate surface area is 341 Å². The maximum Gasteiger partial charge on any atom is 0.227 e. The molecule has 1 aliphatic rings. The van der Waals surface area contributed by atoms with E-state index < -0.39 is 0 Å². The zero-order chi connectivity index (χ0) is 39.4. The maximum atomic E-state index is 6.50. The van der Waals surface area contributed by atoms with E-state index in [0.717, 1.165) is 74.2 Å². The van der Waals surface area contributed by atoms with Crippen molar-refractivity contribution in [3.8, 4) is 39.4 Å². The van der Waals surface area contributed by atoms with Crippen molar-refractivity contribution in [1.29, 1.82) is 0 Å². The molecule has 0 saturated heterocycles. The number of oxazole rings is 1. The Bertz CT molecular complexity index is 3470. The fraction of sp³-hybridized carbons (Fsp3) is 0.0577. The van der Waals surface area contributed by atoms with Crippen molar-refractivity contribution in [3.05, 3.63) is 163 Å². The first-order valence-electron chi connectivity index (χ1n) is 20.1. The number of para-hydroxylation sites is 1. The molecule has 0 spiro atoms. The van der Waals surface area contributed by atoms with E-state index >= 15 is 0 Å². The van der Waals surface area contributed by atoms with E-state index in [9.17, 15) is 0 Å². The number of hydrogen-bond acceptors (Lipinski definition) is 5. The van der Waals surface area contributed by atoms with Gasteiger partial charge in [0.15, 0.2) is 12.9 Å². The smallest absolute Gasteiger partial charge is 0.227 e. The van der Waals surface area contributed by atoms with Crippen LogP contribution < -0.4 is 21.1 Å². The van der Waals surface area contributed by atoms with Gasteiger partial charge in [0.25, 0.3) is 0 Å². The van der Waals surface area contributed by atoms with E-state index in [2.05, 4.69) is 157 Å². The normalized spacial score (nSPS) is 12.1. The van der Waals surface area contributed by atoms with E-state index in [1.807, 2.05) is 36.4 Å². The Morgan fingerprint density at radius 3 is 2.17 bits per heavy atom. The predicted octanol–water partition coefficient (Wildman–Crippen LogP) is 11.6. The molecule has 59 heavy (non-hydrogen) atoms. The van der Waals surface area contributed by atoms with Gasteiger partial charge in [-0.15, -0.1) is 0 Å². The molecule has 0 bridgehead atoms. The number of anilines is 3. The fourth-order valence-corrected chi connectivity index (χ4v) is 9.31. The van der Waals surface area contributed by atoms with E-state index in [1.165, 1.54) is 55.0 Å². The number of fused-ring (bicyclic) bond motifs is 9. The SMILES string of the molecule is Cc1cc(-c2cc3c(cc2Nc2ccc(N(C)C)cc2)oc2ccccc23)c2c3c1c1cc(-c4ccccc4)ccc1n3-c1cc3oc(-c4ccccc4)nc3cc1B2. The molecule has 0 fully saturated rings. The zero-order valence-corrected chi connectivity index (χ0v) is 32.9. The van der Waals surface area contributed by atoms with Crippen LogP contribution in [-0.2, 0) is 0 Å². The molecule has 280 valence electrons. The molecule has 0 amide bonds. The van der Waals surface area contributed by atoms with Crippen LogP contribution in [-0.4, -0.2) is 30.9 Å². The number of aromatic nitrogens is 2. The van der Waals surface area contributed by atoms with Gasteiger partial charge in [0.2, 0.25) is 5.89 Å². The summed E-state index contributed by atoms with van der Waals surface area (Å²) < 4.78 is 15.5. The molecule has 3 aromatic heterocycles. The molecule has 8 aromatic carbocycles. The van der Waals surface area contributed by atoms with Crippen molar-refractivity contribution in [2.75, 3.05) is 24.3 Å². The summed E-state index contributed by atoms with van der Waals surface area (Å²) in [6, 6.07) is 56.0. The van der Waals surface area contributed by atoms with Crippen LogP contribution in [0.15, 0.2) is 167 Å². The van der Waals surface area contributed by atoms with Gasteiger partial charge >= 0.3 is 0 Å². The molecule has 11 aromatic rings. The number of hydrogen-bond donors (Lipinski definition) is 1. The highest BCUT2D eigenvalue weighted by Crippen LogP contribution is 2.43. The van der Waals surface area contributed by atoms with Gasteiger partial charge in [-0.2, -0.15) is 0 Å². The van der Waals surface area contributed by atoms with Gasteiger partial charge in [0, 0.05) is 81.5 Å². The van der Waals surface area contributed by atoms with Crippen molar-refractivity contribution in [1.82, 2.24) is 9.55 Å². The highest BCUT2D eigenvalue weighted by molar-refractivity contribution is 6.73. The maximum absolute atomic E-state index is 6.50. The number of nitrogens with one attached hydrogen (secondary N) is 1. The van der Waals surface area contributed by atoms with Gasteiger partial charge in [-0.25, -0.2) is 4.98 Å². The average Bonchev–Trinajstić information content (AvgIpc) is 3.96. The first kappa shape index (κ1) is 33.6. The monoisotopic (exact) mass is 760 g/mol. The highest BCUT2D eigenvalue weighted by atomic mass is 16.3. The quantitative estimate of drug-likeness (QED) is 0.171. The van der Waals surface area contributed by atoms with E-state index in [-0.39, 0.29) is 0 Å². The lowest BCUT2D eigenvalue weighted by Crippen LogP contribution is -2.37. The Balaban J connectivity index is 1.14. The summed E-state index contributed by atoms with van der Waals surface area (Å²) in [6.45, 7) is 2.27. The molecule has 0 atom stereocenters. The molecule has 4 heterocycles. The summed E-state index contributed by atoms with van der Waals surface area (Å²) in [5, 5.41) is 8.53. The van der Waals surface area contributed by atoms with E-state index in [4.69, 9.17) is 13.8 Å². The van der Waals surface area contributed by atoms with Crippen molar-refractivity contribution >= 4 is 90.1 Å². The van der Waals surface area contributed by atoms with Crippen molar-refractivity contribution < 1.29 is 8.83 Å². The minimum Gasteiger partial charge on any atom is -0.456 e. The lowest BCUT2D eigenvalue weighted by molar-refractivity contribution is 0.619. The number of nitrogens with zero attached hydrogens (tertiary/aromatic N) is 3. The first-order chi connectivity index (χ1) is 28.9. The number of benzene rings is 8. The molecule has 12 rings (SSSR count). The van der Waals surface area contributed by atoms with Crippen LogP contribution in [0.4, 0.5) is 17.1 Å². The molecule has 1 N–H and O–H groups in total. The highest BCUT2D eigenvalue weighted by Gasteiger charge is 2.29. The summed E-state index contributed by atoms with van der Waals surface area (Å²) in [7, 11) is 4.86. The first-order valence-corrected chi connectivity index (χ1v) is 20.1. The lowest BCUT2D eigenvalue weighted by atomic mass is 9.58. The van der Waals surface area contributed by atoms with Crippen LogP contribution >= 0.6 is 0 Å². The van der Waals surface area contributed by atoms with Crippen molar-refractivity contribution in [3.63, 3.8) is 0 Å². The molecule has 0 radical (unpaired) electrons. The van der Waals surface area contributed by atoms with Gasteiger partial charge in [-0.1, -0.05) is 84.3 Å². The van der Waals surface area contributed by atoms with Crippen LogP contribution in [0, 0.1) is 6.92 Å². The number of furan rings is 1. The fourth-order valence-electron chi connectivity index (χ4n) is 9.31. The van der Waals surface area contributed by atoms with Crippen molar-refractivity contribution in [2.24, 2.45) is 0 Å². The standard InChI is InChI=1S/C52H37BN4O2/c1-30-24-39(37-26-38-36-16-10-11-17-46(36)58-47(38)28-42(37)54-34-19-21-35(22-20-34)56(2)3)50-51-49(30)40-25-33(31-12-6-4-7-13-31)18-23-44(40)57(51)45-29-48-43(27-41(45)53-50)55-52(59-48)32-14-8-5-9-15-32/h4-29,53-54H,1-3H3. The second-order valence-electron chi connectivity index (χ2n) is 15.9.